The van der Waals surface area contributed by atoms with E-state index in [1.807, 2.05) is 39.0 Å². The highest BCUT2D eigenvalue weighted by molar-refractivity contribution is 5.87. The molecule has 20 heavy (non-hydrogen) atoms. The van der Waals surface area contributed by atoms with Crippen LogP contribution in [0, 0.1) is 0 Å². The highest BCUT2D eigenvalue weighted by Crippen LogP contribution is 2.10. The minimum absolute atomic E-state index is 0.0570. The Balaban J connectivity index is 2.37. The zero-order valence-electron chi connectivity index (χ0n) is 12.4. The molecule has 1 atom stereocenters. The molecule has 0 aromatic heterocycles. The summed E-state index contributed by atoms with van der Waals surface area (Å²) >= 11 is 0. The summed E-state index contributed by atoms with van der Waals surface area (Å²) in [5, 5.41) is 5.32. The Bertz CT molecular complexity index is 452. The molecule has 0 aliphatic heterocycles. The van der Waals surface area contributed by atoms with Gasteiger partial charge in [-0.1, -0.05) is 18.2 Å². The molecule has 0 bridgehead atoms. The molecule has 0 radical (unpaired) electrons. The zero-order chi connectivity index (χ0) is 15.2. The number of carbonyl (C=O) groups excluding carboxylic acids is 2. The number of hydrogen-bond donors (Lipinski definition) is 2. The van der Waals surface area contributed by atoms with Crippen LogP contribution in [0.15, 0.2) is 30.3 Å². The van der Waals surface area contributed by atoms with Crippen molar-refractivity contribution in [2.75, 3.05) is 6.54 Å². The molecule has 5 nitrogen and oxygen atoms in total. The second kappa shape index (κ2) is 6.93. The van der Waals surface area contributed by atoms with Crippen LogP contribution in [0.1, 0.15) is 27.7 Å². The molecule has 0 aliphatic rings. The van der Waals surface area contributed by atoms with Crippen molar-refractivity contribution in [1.29, 1.82) is 0 Å². The Hall–Kier alpha value is -2.04. The molecule has 5 heteroatoms. The van der Waals surface area contributed by atoms with E-state index in [0.717, 1.165) is 0 Å². The lowest BCUT2D eigenvalue weighted by atomic mass is 10.1. The highest BCUT2D eigenvalue weighted by atomic mass is 16.5. The molecular weight excluding hydrogens is 256 g/mol. The highest BCUT2D eigenvalue weighted by Gasteiger charge is 2.17. The van der Waals surface area contributed by atoms with Crippen LogP contribution >= 0.6 is 0 Å². The second-order valence-electron chi connectivity index (χ2n) is 5.59. The van der Waals surface area contributed by atoms with E-state index in [9.17, 15) is 9.59 Å². The van der Waals surface area contributed by atoms with Crippen molar-refractivity contribution in [2.45, 2.75) is 39.3 Å². The number of hydrogen-bond acceptors (Lipinski definition) is 3. The number of rotatable bonds is 5. The molecule has 0 saturated carbocycles. The molecule has 0 saturated heterocycles. The molecule has 1 aromatic rings. The van der Waals surface area contributed by atoms with Gasteiger partial charge in [0.05, 0.1) is 6.54 Å². The van der Waals surface area contributed by atoms with Gasteiger partial charge in [-0.2, -0.15) is 0 Å². The van der Waals surface area contributed by atoms with Gasteiger partial charge in [-0.05, 0) is 39.8 Å². The van der Waals surface area contributed by atoms with Crippen LogP contribution in [0.3, 0.4) is 0 Å². The third-order valence-corrected chi connectivity index (χ3v) is 2.36. The standard InChI is InChI=1S/C15H22N2O3/c1-11(20-12-8-6-5-7-9-12)14(19)16-10-13(18)17-15(2,3)4/h5-9,11H,10H2,1-4H3,(H,16,19)(H,17,18). The van der Waals surface area contributed by atoms with E-state index < -0.39 is 6.10 Å². The molecule has 0 aliphatic carbocycles. The van der Waals surface area contributed by atoms with Crippen LogP contribution in [-0.4, -0.2) is 30.0 Å². The van der Waals surface area contributed by atoms with E-state index in [1.54, 1.807) is 19.1 Å². The van der Waals surface area contributed by atoms with Gasteiger partial charge in [-0.3, -0.25) is 9.59 Å². The summed E-state index contributed by atoms with van der Waals surface area (Å²) in [5.41, 5.74) is -0.312. The van der Waals surface area contributed by atoms with Crippen LogP contribution in [0.5, 0.6) is 5.75 Å². The van der Waals surface area contributed by atoms with Crippen LogP contribution in [0.25, 0.3) is 0 Å². The summed E-state index contributed by atoms with van der Waals surface area (Å²) < 4.78 is 5.47. The maximum atomic E-state index is 11.8. The molecule has 0 heterocycles. The van der Waals surface area contributed by atoms with Crippen molar-refractivity contribution >= 4 is 11.8 Å². The molecule has 1 aromatic carbocycles. The number of benzene rings is 1. The predicted octanol–water partition coefficient (Wildman–Crippen LogP) is 1.48. The van der Waals surface area contributed by atoms with E-state index >= 15 is 0 Å². The van der Waals surface area contributed by atoms with E-state index in [0.29, 0.717) is 5.75 Å². The summed E-state index contributed by atoms with van der Waals surface area (Å²) in [6.07, 6.45) is -0.653. The first-order valence-corrected chi connectivity index (χ1v) is 6.58. The monoisotopic (exact) mass is 278 g/mol. The number of amides is 2. The lowest BCUT2D eigenvalue weighted by molar-refractivity contribution is -0.130. The normalized spacial score (nSPS) is 12.4. The third kappa shape index (κ3) is 6.22. The Morgan fingerprint density at radius 1 is 1.20 bits per heavy atom. The van der Waals surface area contributed by atoms with Gasteiger partial charge in [-0.15, -0.1) is 0 Å². The van der Waals surface area contributed by atoms with Crippen molar-refractivity contribution in [2.24, 2.45) is 0 Å². The average molecular weight is 278 g/mol. The molecule has 0 spiro atoms. The Morgan fingerprint density at radius 2 is 1.80 bits per heavy atom. The molecule has 0 fully saturated rings. The summed E-state index contributed by atoms with van der Waals surface area (Å²) in [4.78, 5) is 23.4. The minimum atomic E-state index is -0.653. The lowest BCUT2D eigenvalue weighted by Crippen LogP contribution is -2.47. The first-order chi connectivity index (χ1) is 9.28. The van der Waals surface area contributed by atoms with Crippen LogP contribution < -0.4 is 15.4 Å². The molecule has 1 unspecified atom stereocenters. The van der Waals surface area contributed by atoms with Gasteiger partial charge in [0.1, 0.15) is 5.75 Å². The number of nitrogens with one attached hydrogen (secondary N) is 2. The fourth-order valence-corrected chi connectivity index (χ4v) is 1.53. The minimum Gasteiger partial charge on any atom is -0.481 e. The van der Waals surface area contributed by atoms with Gasteiger partial charge in [-0.25, -0.2) is 0 Å². The van der Waals surface area contributed by atoms with Crippen molar-refractivity contribution < 1.29 is 14.3 Å². The first kappa shape index (κ1) is 16.0. The molecule has 1 rings (SSSR count). The summed E-state index contributed by atoms with van der Waals surface area (Å²) in [6.45, 7) is 7.23. The SMILES string of the molecule is CC(Oc1ccccc1)C(=O)NCC(=O)NC(C)(C)C. The van der Waals surface area contributed by atoms with Crippen LogP contribution in [0.2, 0.25) is 0 Å². The quantitative estimate of drug-likeness (QED) is 0.857. The Labute approximate surface area is 119 Å². The smallest absolute Gasteiger partial charge is 0.261 e. The van der Waals surface area contributed by atoms with Crippen molar-refractivity contribution in [3.8, 4) is 5.75 Å². The maximum Gasteiger partial charge on any atom is 0.261 e. The summed E-state index contributed by atoms with van der Waals surface area (Å²) in [6, 6.07) is 9.08. The number of carbonyl (C=O) groups is 2. The average Bonchev–Trinajstić information content (AvgIpc) is 2.35. The van der Waals surface area contributed by atoms with E-state index in [-0.39, 0.29) is 23.9 Å². The fourth-order valence-electron chi connectivity index (χ4n) is 1.53. The van der Waals surface area contributed by atoms with Gasteiger partial charge >= 0.3 is 0 Å². The van der Waals surface area contributed by atoms with Gasteiger partial charge < -0.3 is 15.4 Å². The van der Waals surface area contributed by atoms with Gasteiger partial charge in [0.25, 0.3) is 5.91 Å². The molecule has 110 valence electrons. The first-order valence-electron chi connectivity index (χ1n) is 6.58. The molecular formula is C15H22N2O3. The van der Waals surface area contributed by atoms with E-state index in [4.69, 9.17) is 4.74 Å². The molecule has 2 N–H and O–H groups in total. The lowest BCUT2D eigenvalue weighted by Gasteiger charge is -2.21. The Morgan fingerprint density at radius 3 is 2.35 bits per heavy atom. The van der Waals surface area contributed by atoms with Crippen molar-refractivity contribution in [3.63, 3.8) is 0 Å². The maximum absolute atomic E-state index is 11.8. The van der Waals surface area contributed by atoms with Gasteiger partial charge in [0.2, 0.25) is 5.91 Å². The number of ether oxygens (including phenoxy) is 1. The second-order valence-corrected chi connectivity index (χ2v) is 5.59. The predicted molar refractivity (Wildman–Crippen MR) is 77.4 cm³/mol. The van der Waals surface area contributed by atoms with Gasteiger partial charge in [0.15, 0.2) is 6.10 Å². The number of para-hydroxylation sites is 1. The summed E-state index contributed by atoms with van der Waals surface area (Å²) in [5.74, 6) is 0.0740. The zero-order valence-corrected chi connectivity index (χ0v) is 12.4. The van der Waals surface area contributed by atoms with Crippen molar-refractivity contribution in [1.82, 2.24) is 10.6 Å². The summed E-state index contributed by atoms with van der Waals surface area (Å²) in [7, 11) is 0. The topological polar surface area (TPSA) is 67.4 Å². The van der Waals surface area contributed by atoms with Crippen LogP contribution in [0.4, 0.5) is 0 Å². The third-order valence-electron chi connectivity index (χ3n) is 2.36. The van der Waals surface area contributed by atoms with E-state index in [2.05, 4.69) is 10.6 Å². The fraction of sp³-hybridized carbons (Fsp3) is 0.467. The van der Waals surface area contributed by atoms with E-state index in [1.165, 1.54) is 0 Å². The largest absolute Gasteiger partial charge is 0.481 e. The molecule has 2 amide bonds. The Kier molecular flexibility index (Phi) is 5.55. The van der Waals surface area contributed by atoms with Gasteiger partial charge in [0, 0.05) is 5.54 Å². The van der Waals surface area contributed by atoms with Crippen molar-refractivity contribution in [3.05, 3.63) is 30.3 Å². The van der Waals surface area contributed by atoms with Crippen LogP contribution in [-0.2, 0) is 9.59 Å².